The van der Waals surface area contributed by atoms with Crippen molar-refractivity contribution in [3.63, 3.8) is 0 Å². The third kappa shape index (κ3) is 5.36. The van der Waals surface area contributed by atoms with Crippen molar-refractivity contribution in [3.8, 4) is 0 Å². The van der Waals surface area contributed by atoms with Gasteiger partial charge in [0.25, 0.3) is 0 Å². The van der Waals surface area contributed by atoms with Crippen LogP contribution in [0.5, 0.6) is 0 Å². The number of methoxy groups -OCH3 is 1. The van der Waals surface area contributed by atoms with E-state index in [2.05, 4.69) is 0 Å². The molecule has 1 rings (SSSR count). The lowest BCUT2D eigenvalue weighted by Gasteiger charge is -2.26. The van der Waals surface area contributed by atoms with Gasteiger partial charge < -0.3 is 14.7 Å². The molecule has 1 aliphatic carbocycles. The summed E-state index contributed by atoms with van der Waals surface area (Å²) in [6, 6.07) is 0. The number of likely N-dealkylation sites (N-methyl/N-ethyl adjacent to an activating group) is 1. The van der Waals surface area contributed by atoms with E-state index in [1.54, 1.807) is 19.1 Å². The monoisotopic (exact) mass is 257 g/mol. The van der Waals surface area contributed by atoms with E-state index >= 15 is 0 Å². The number of ether oxygens (including phenoxy) is 1. The minimum Gasteiger partial charge on any atom is -0.389 e. The van der Waals surface area contributed by atoms with E-state index in [0.29, 0.717) is 6.54 Å². The molecule has 0 radical (unpaired) electrons. The quantitative estimate of drug-likeness (QED) is 0.817. The van der Waals surface area contributed by atoms with E-state index in [1.807, 2.05) is 0 Å². The van der Waals surface area contributed by atoms with Gasteiger partial charge in [0, 0.05) is 26.6 Å². The van der Waals surface area contributed by atoms with E-state index in [0.717, 1.165) is 25.7 Å². The van der Waals surface area contributed by atoms with Crippen LogP contribution in [0.25, 0.3) is 0 Å². The van der Waals surface area contributed by atoms with Crippen LogP contribution in [0.4, 0.5) is 0 Å². The number of aliphatic hydroxyl groups excluding tert-OH is 1. The van der Waals surface area contributed by atoms with Gasteiger partial charge in [0.05, 0.1) is 12.7 Å². The fraction of sp³-hybridized carbons (Fsp3) is 0.929. The second kappa shape index (κ2) is 8.48. The van der Waals surface area contributed by atoms with Crippen LogP contribution in [0.2, 0.25) is 0 Å². The van der Waals surface area contributed by atoms with Gasteiger partial charge in [0.1, 0.15) is 0 Å². The Morgan fingerprint density at radius 3 is 2.39 bits per heavy atom. The molecule has 0 aromatic heterocycles. The fourth-order valence-corrected chi connectivity index (χ4v) is 2.67. The van der Waals surface area contributed by atoms with Crippen LogP contribution in [0.15, 0.2) is 0 Å². The van der Waals surface area contributed by atoms with Gasteiger partial charge in [-0.25, -0.2) is 0 Å². The highest BCUT2D eigenvalue weighted by atomic mass is 16.5. The van der Waals surface area contributed by atoms with Gasteiger partial charge in [-0.15, -0.1) is 0 Å². The first-order valence-corrected chi connectivity index (χ1v) is 7.07. The first kappa shape index (κ1) is 15.4. The summed E-state index contributed by atoms with van der Waals surface area (Å²) >= 11 is 0. The molecule has 1 saturated carbocycles. The normalized spacial score (nSPS) is 19.9. The molecule has 0 aliphatic heterocycles. The van der Waals surface area contributed by atoms with Crippen LogP contribution in [0.3, 0.4) is 0 Å². The van der Waals surface area contributed by atoms with Gasteiger partial charge in [-0.3, -0.25) is 4.79 Å². The standard InChI is InChI=1S/C14H27NO3/c1-15(10-13(16)11-18-2)14(17)12-8-6-4-3-5-7-9-12/h12-13,16H,3-11H2,1-2H3. The zero-order valence-corrected chi connectivity index (χ0v) is 11.7. The lowest BCUT2D eigenvalue weighted by Crippen LogP contribution is -2.39. The number of carbonyl (C=O) groups is 1. The number of carbonyl (C=O) groups excluding carboxylic acids is 1. The van der Waals surface area contributed by atoms with Gasteiger partial charge in [0.15, 0.2) is 0 Å². The van der Waals surface area contributed by atoms with Crippen LogP contribution in [0, 0.1) is 5.92 Å². The van der Waals surface area contributed by atoms with Gasteiger partial charge in [-0.2, -0.15) is 0 Å². The van der Waals surface area contributed by atoms with Gasteiger partial charge in [0.2, 0.25) is 5.91 Å². The lowest BCUT2D eigenvalue weighted by molar-refractivity contribution is -0.136. The molecule has 0 spiro atoms. The molecule has 0 saturated heterocycles. The Balaban J connectivity index is 2.40. The van der Waals surface area contributed by atoms with E-state index < -0.39 is 6.10 Å². The van der Waals surface area contributed by atoms with E-state index in [1.165, 1.54) is 19.3 Å². The Kier molecular flexibility index (Phi) is 7.28. The third-order valence-electron chi connectivity index (χ3n) is 3.67. The van der Waals surface area contributed by atoms with E-state index in [9.17, 15) is 9.90 Å². The Morgan fingerprint density at radius 1 is 1.28 bits per heavy atom. The average Bonchev–Trinajstić information content (AvgIpc) is 2.27. The van der Waals surface area contributed by atoms with Crippen molar-refractivity contribution in [2.24, 2.45) is 5.92 Å². The maximum atomic E-state index is 12.3. The van der Waals surface area contributed by atoms with Gasteiger partial charge >= 0.3 is 0 Å². The number of hydrogen-bond donors (Lipinski definition) is 1. The molecule has 1 atom stereocenters. The minimum atomic E-state index is -0.586. The van der Waals surface area contributed by atoms with Crippen LogP contribution < -0.4 is 0 Å². The summed E-state index contributed by atoms with van der Waals surface area (Å²) in [6.07, 6.45) is 7.55. The van der Waals surface area contributed by atoms with Crippen LogP contribution >= 0.6 is 0 Å². The summed E-state index contributed by atoms with van der Waals surface area (Å²) < 4.78 is 4.88. The molecule has 1 N–H and O–H groups in total. The van der Waals surface area contributed by atoms with Crippen molar-refractivity contribution in [1.82, 2.24) is 4.90 Å². The zero-order valence-electron chi connectivity index (χ0n) is 11.7. The number of rotatable bonds is 5. The molecular weight excluding hydrogens is 230 g/mol. The summed E-state index contributed by atoms with van der Waals surface area (Å²) in [5, 5.41) is 9.65. The first-order chi connectivity index (χ1) is 8.65. The number of nitrogens with zero attached hydrogens (tertiary/aromatic N) is 1. The molecule has 106 valence electrons. The predicted molar refractivity (Wildman–Crippen MR) is 71.3 cm³/mol. The Bertz CT molecular complexity index is 237. The molecule has 0 aromatic carbocycles. The highest BCUT2D eigenvalue weighted by Gasteiger charge is 2.23. The van der Waals surface area contributed by atoms with Crippen molar-refractivity contribution in [1.29, 1.82) is 0 Å². The van der Waals surface area contributed by atoms with Crippen molar-refractivity contribution in [2.75, 3.05) is 27.3 Å². The highest BCUT2D eigenvalue weighted by molar-refractivity contribution is 5.78. The number of amides is 1. The Labute approximate surface area is 110 Å². The highest BCUT2D eigenvalue weighted by Crippen LogP contribution is 2.23. The lowest BCUT2D eigenvalue weighted by atomic mass is 9.90. The summed E-state index contributed by atoms with van der Waals surface area (Å²) in [5.41, 5.74) is 0. The molecule has 1 fully saturated rings. The Hall–Kier alpha value is -0.610. The van der Waals surface area contributed by atoms with E-state index in [4.69, 9.17) is 4.74 Å². The first-order valence-electron chi connectivity index (χ1n) is 7.07. The zero-order chi connectivity index (χ0) is 13.4. The average molecular weight is 257 g/mol. The maximum absolute atomic E-state index is 12.3. The van der Waals surface area contributed by atoms with Crippen molar-refractivity contribution < 1.29 is 14.6 Å². The summed E-state index contributed by atoms with van der Waals surface area (Å²) in [7, 11) is 3.33. The van der Waals surface area contributed by atoms with Crippen LogP contribution in [0.1, 0.15) is 44.9 Å². The molecule has 1 unspecified atom stereocenters. The molecular formula is C14H27NO3. The molecule has 0 heterocycles. The van der Waals surface area contributed by atoms with Crippen molar-refractivity contribution in [3.05, 3.63) is 0 Å². The third-order valence-corrected chi connectivity index (χ3v) is 3.67. The van der Waals surface area contributed by atoms with Gasteiger partial charge in [-0.1, -0.05) is 32.1 Å². The van der Waals surface area contributed by atoms with Crippen molar-refractivity contribution >= 4 is 5.91 Å². The number of hydrogen-bond acceptors (Lipinski definition) is 3. The van der Waals surface area contributed by atoms with Crippen LogP contribution in [-0.4, -0.2) is 49.3 Å². The van der Waals surface area contributed by atoms with Crippen LogP contribution in [-0.2, 0) is 9.53 Å². The fourth-order valence-electron chi connectivity index (χ4n) is 2.67. The largest absolute Gasteiger partial charge is 0.389 e. The summed E-state index contributed by atoms with van der Waals surface area (Å²) in [6.45, 7) is 0.644. The number of aliphatic hydroxyl groups is 1. The molecule has 4 heteroatoms. The molecule has 0 aromatic rings. The second-order valence-corrected chi connectivity index (χ2v) is 5.37. The smallest absolute Gasteiger partial charge is 0.225 e. The summed E-state index contributed by atoms with van der Waals surface area (Å²) in [4.78, 5) is 13.9. The summed E-state index contributed by atoms with van der Waals surface area (Å²) in [5.74, 6) is 0.345. The predicted octanol–water partition coefficient (Wildman–Crippen LogP) is 1.81. The molecule has 4 nitrogen and oxygen atoms in total. The van der Waals surface area contributed by atoms with E-state index in [-0.39, 0.29) is 18.4 Å². The Morgan fingerprint density at radius 2 is 1.83 bits per heavy atom. The van der Waals surface area contributed by atoms with Crippen molar-refractivity contribution in [2.45, 2.75) is 51.0 Å². The molecule has 18 heavy (non-hydrogen) atoms. The molecule has 1 amide bonds. The maximum Gasteiger partial charge on any atom is 0.225 e. The minimum absolute atomic E-state index is 0.157. The molecule has 0 bridgehead atoms. The molecule has 1 aliphatic rings. The topological polar surface area (TPSA) is 49.8 Å². The SMILES string of the molecule is COCC(O)CN(C)C(=O)C1CCCCCCC1. The van der Waals surface area contributed by atoms with Gasteiger partial charge in [-0.05, 0) is 12.8 Å². The second-order valence-electron chi connectivity index (χ2n) is 5.37.